The van der Waals surface area contributed by atoms with Crippen molar-refractivity contribution in [3.8, 4) is 11.1 Å². The molecule has 0 spiro atoms. The molecule has 0 aliphatic rings. The number of para-hydroxylation sites is 1. The molecule has 1 aromatic heterocycles. The SMILES string of the molecule is Nc1ccccc1-c1c(N)ncc2ccccc12. The van der Waals surface area contributed by atoms with Crippen LogP contribution in [-0.2, 0) is 0 Å². The molecular weight excluding hydrogens is 222 g/mol. The van der Waals surface area contributed by atoms with E-state index in [-0.39, 0.29) is 0 Å². The van der Waals surface area contributed by atoms with Crippen molar-refractivity contribution in [1.82, 2.24) is 4.98 Å². The molecule has 0 fully saturated rings. The molecule has 3 rings (SSSR count). The molecule has 3 heteroatoms. The molecule has 0 saturated carbocycles. The molecule has 18 heavy (non-hydrogen) atoms. The molecular formula is C15H13N3. The van der Waals surface area contributed by atoms with Gasteiger partial charge in [0, 0.05) is 28.4 Å². The minimum Gasteiger partial charge on any atom is -0.398 e. The summed E-state index contributed by atoms with van der Waals surface area (Å²) in [6.45, 7) is 0. The van der Waals surface area contributed by atoms with Gasteiger partial charge in [-0.25, -0.2) is 4.98 Å². The topological polar surface area (TPSA) is 64.9 Å². The van der Waals surface area contributed by atoms with Crippen LogP contribution < -0.4 is 11.5 Å². The monoisotopic (exact) mass is 235 g/mol. The molecule has 1 heterocycles. The fourth-order valence-electron chi connectivity index (χ4n) is 2.19. The van der Waals surface area contributed by atoms with Crippen molar-refractivity contribution in [2.75, 3.05) is 11.5 Å². The maximum atomic E-state index is 6.03. The molecule has 88 valence electrons. The van der Waals surface area contributed by atoms with Crippen LogP contribution in [-0.4, -0.2) is 4.98 Å². The number of hydrogen-bond donors (Lipinski definition) is 2. The third-order valence-corrected chi connectivity index (χ3v) is 3.06. The Labute approximate surface area is 105 Å². The summed E-state index contributed by atoms with van der Waals surface area (Å²) in [6, 6.07) is 15.7. The van der Waals surface area contributed by atoms with Gasteiger partial charge in [0.1, 0.15) is 5.82 Å². The fourth-order valence-corrected chi connectivity index (χ4v) is 2.19. The molecule has 0 amide bonds. The maximum absolute atomic E-state index is 6.03. The first kappa shape index (κ1) is 10.6. The molecule has 3 nitrogen and oxygen atoms in total. The first-order valence-corrected chi connectivity index (χ1v) is 5.75. The smallest absolute Gasteiger partial charge is 0.131 e. The van der Waals surface area contributed by atoms with E-state index in [1.54, 1.807) is 6.20 Å². The summed E-state index contributed by atoms with van der Waals surface area (Å²) in [4.78, 5) is 4.25. The van der Waals surface area contributed by atoms with Gasteiger partial charge in [0.05, 0.1) is 0 Å². The van der Waals surface area contributed by atoms with Crippen LogP contribution in [0.25, 0.3) is 21.9 Å². The molecule has 0 saturated heterocycles. The Morgan fingerprint density at radius 1 is 0.833 bits per heavy atom. The lowest BCUT2D eigenvalue weighted by Gasteiger charge is -2.11. The Bertz CT molecular complexity index is 720. The van der Waals surface area contributed by atoms with Crippen molar-refractivity contribution in [2.45, 2.75) is 0 Å². The van der Waals surface area contributed by atoms with Crippen LogP contribution in [0.15, 0.2) is 54.7 Å². The standard InChI is InChI=1S/C15H13N3/c16-13-8-4-3-7-12(13)14-11-6-2-1-5-10(11)9-18-15(14)17/h1-9H,16H2,(H2,17,18). The summed E-state index contributed by atoms with van der Waals surface area (Å²) in [6.07, 6.45) is 1.79. The fraction of sp³-hybridized carbons (Fsp3) is 0. The van der Waals surface area contributed by atoms with Crippen LogP contribution in [0.2, 0.25) is 0 Å². The van der Waals surface area contributed by atoms with Gasteiger partial charge in [-0.1, -0.05) is 42.5 Å². The Balaban J connectivity index is 2.42. The molecule has 0 aliphatic heterocycles. The number of aromatic nitrogens is 1. The Hall–Kier alpha value is -2.55. The van der Waals surface area contributed by atoms with E-state index in [0.29, 0.717) is 11.5 Å². The molecule has 2 aromatic carbocycles. The highest BCUT2D eigenvalue weighted by Gasteiger charge is 2.10. The number of nitrogen functional groups attached to an aromatic ring is 2. The van der Waals surface area contributed by atoms with Crippen LogP contribution in [0.4, 0.5) is 11.5 Å². The zero-order valence-electron chi connectivity index (χ0n) is 9.80. The van der Waals surface area contributed by atoms with Gasteiger partial charge in [0.25, 0.3) is 0 Å². The van der Waals surface area contributed by atoms with Crippen LogP contribution in [0, 0.1) is 0 Å². The molecule has 3 aromatic rings. The molecule has 0 radical (unpaired) electrons. The van der Waals surface area contributed by atoms with Crippen molar-refractivity contribution >= 4 is 22.3 Å². The van der Waals surface area contributed by atoms with E-state index in [1.807, 2.05) is 48.5 Å². The highest BCUT2D eigenvalue weighted by atomic mass is 14.8. The number of nitrogens with zero attached hydrogens (tertiary/aromatic N) is 1. The second-order valence-corrected chi connectivity index (χ2v) is 4.19. The summed E-state index contributed by atoms with van der Waals surface area (Å²) in [7, 11) is 0. The maximum Gasteiger partial charge on any atom is 0.131 e. The van der Waals surface area contributed by atoms with E-state index < -0.39 is 0 Å². The van der Waals surface area contributed by atoms with Gasteiger partial charge in [-0.2, -0.15) is 0 Å². The minimum absolute atomic E-state index is 0.506. The van der Waals surface area contributed by atoms with Crippen LogP contribution in [0.1, 0.15) is 0 Å². The predicted molar refractivity (Wildman–Crippen MR) is 76.0 cm³/mol. The average Bonchev–Trinajstić information content (AvgIpc) is 2.40. The minimum atomic E-state index is 0.506. The van der Waals surface area contributed by atoms with Crippen molar-refractivity contribution in [3.63, 3.8) is 0 Å². The van der Waals surface area contributed by atoms with Crippen LogP contribution in [0.5, 0.6) is 0 Å². The highest BCUT2D eigenvalue weighted by Crippen LogP contribution is 2.35. The van der Waals surface area contributed by atoms with Crippen LogP contribution in [0.3, 0.4) is 0 Å². The third kappa shape index (κ3) is 1.57. The second-order valence-electron chi connectivity index (χ2n) is 4.19. The number of anilines is 2. The quantitative estimate of drug-likeness (QED) is 0.637. The Kier molecular flexibility index (Phi) is 2.38. The van der Waals surface area contributed by atoms with E-state index in [1.165, 1.54) is 0 Å². The van der Waals surface area contributed by atoms with Gasteiger partial charge in [0.2, 0.25) is 0 Å². The molecule has 0 bridgehead atoms. The first-order valence-electron chi connectivity index (χ1n) is 5.75. The van der Waals surface area contributed by atoms with Gasteiger partial charge in [-0.3, -0.25) is 0 Å². The number of pyridine rings is 1. The van der Waals surface area contributed by atoms with Crippen molar-refractivity contribution in [3.05, 3.63) is 54.7 Å². The lowest BCUT2D eigenvalue weighted by molar-refractivity contribution is 1.37. The van der Waals surface area contributed by atoms with Crippen molar-refractivity contribution in [1.29, 1.82) is 0 Å². The van der Waals surface area contributed by atoms with E-state index in [2.05, 4.69) is 4.98 Å². The zero-order chi connectivity index (χ0) is 12.5. The summed E-state index contributed by atoms with van der Waals surface area (Å²) < 4.78 is 0. The van der Waals surface area contributed by atoms with Gasteiger partial charge >= 0.3 is 0 Å². The predicted octanol–water partition coefficient (Wildman–Crippen LogP) is 3.07. The highest BCUT2D eigenvalue weighted by molar-refractivity contribution is 6.03. The molecule has 0 unspecified atom stereocenters. The summed E-state index contributed by atoms with van der Waals surface area (Å²) in [5, 5.41) is 2.13. The van der Waals surface area contributed by atoms with E-state index >= 15 is 0 Å². The first-order chi connectivity index (χ1) is 8.77. The summed E-state index contributed by atoms with van der Waals surface area (Å²) >= 11 is 0. The van der Waals surface area contributed by atoms with Gasteiger partial charge in [0.15, 0.2) is 0 Å². The van der Waals surface area contributed by atoms with Crippen molar-refractivity contribution in [2.24, 2.45) is 0 Å². The van der Waals surface area contributed by atoms with E-state index in [9.17, 15) is 0 Å². The largest absolute Gasteiger partial charge is 0.398 e. The number of hydrogen-bond acceptors (Lipinski definition) is 3. The number of nitrogens with two attached hydrogens (primary N) is 2. The van der Waals surface area contributed by atoms with Gasteiger partial charge < -0.3 is 11.5 Å². The summed E-state index contributed by atoms with van der Waals surface area (Å²) in [5.74, 6) is 0.506. The molecule has 4 N–H and O–H groups in total. The van der Waals surface area contributed by atoms with E-state index in [0.717, 1.165) is 21.9 Å². The van der Waals surface area contributed by atoms with E-state index in [4.69, 9.17) is 11.5 Å². The Morgan fingerprint density at radius 3 is 2.39 bits per heavy atom. The number of rotatable bonds is 1. The second kappa shape index (κ2) is 4.04. The normalized spacial score (nSPS) is 10.7. The average molecular weight is 235 g/mol. The lowest BCUT2D eigenvalue weighted by Crippen LogP contribution is -1.97. The number of benzene rings is 2. The lowest BCUT2D eigenvalue weighted by atomic mass is 9.98. The van der Waals surface area contributed by atoms with Gasteiger partial charge in [-0.05, 0) is 11.5 Å². The van der Waals surface area contributed by atoms with Crippen molar-refractivity contribution < 1.29 is 0 Å². The molecule has 0 aliphatic carbocycles. The number of fused-ring (bicyclic) bond motifs is 1. The molecule has 0 atom stereocenters. The summed E-state index contributed by atoms with van der Waals surface area (Å²) in [5.41, 5.74) is 14.6. The zero-order valence-corrected chi connectivity index (χ0v) is 9.80. The third-order valence-electron chi connectivity index (χ3n) is 3.06. The van der Waals surface area contributed by atoms with Gasteiger partial charge in [-0.15, -0.1) is 0 Å². The van der Waals surface area contributed by atoms with Crippen LogP contribution >= 0.6 is 0 Å². The Morgan fingerprint density at radius 2 is 1.56 bits per heavy atom.